The van der Waals surface area contributed by atoms with Crippen LogP contribution in [0.3, 0.4) is 0 Å². The van der Waals surface area contributed by atoms with Crippen LogP contribution >= 0.6 is 0 Å². The van der Waals surface area contributed by atoms with E-state index in [-0.39, 0.29) is 30.3 Å². The second-order valence-electron chi connectivity index (χ2n) is 4.51. The molecular weight excluding hydrogens is 269 g/mol. The standard InChI is InChI=1S/C11H12BNO7/c1-13-4-6(7(14)5-13)11(17)20-12(18)9-3-2-8(19-9)10(15)16/h2-3,6,18H,4-5H2,1H3,(H,15,16). The molecule has 0 spiro atoms. The molecule has 1 atom stereocenters. The van der Waals surface area contributed by atoms with Gasteiger partial charge < -0.3 is 19.2 Å². The smallest absolute Gasteiger partial charge is 0.503 e. The topological polar surface area (TPSA) is 117 Å². The molecule has 0 bridgehead atoms. The molecule has 2 rings (SSSR count). The molecule has 0 amide bonds. The molecule has 9 heteroatoms. The van der Waals surface area contributed by atoms with Crippen molar-refractivity contribution in [2.45, 2.75) is 0 Å². The highest BCUT2D eigenvalue weighted by atomic mass is 16.6. The van der Waals surface area contributed by atoms with Crippen LogP contribution in [0.4, 0.5) is 0 Å². The number of aromatic carboxylic acids is 1. The van der Waals surface area contributed by atoms with Crippen LogP contribution in [0.25, 0.3) is 0 Å². The normalized spacial score (nSPS) is 19.1. The average Bonchev–Trinajstić information content (AvgIpc) is 2.95. The van der Waals surface area contributed by atoms with Crippen molar-refractivity contribution in [3.8, 4) is 0 Å². The van der Waals surface area contributed by atoms with Crippen LogP contribution in [0.5, 0.6) is 0 Å². The van der Waals surface area contributed by atoms with Gasteiger partial charge in [-0.05, 0) is 19.2 Å². The first kappa shape index (κ1) is 14.3. The Morgan fingerprint density at radius 1 is 1.50 bits per heavy atom. The predicted octanol–water partition coefficient (Wildman–Crippen LogP) is -1.66. The van der Waals surface area contributed by atoms with Gasteiger partial charge in [0.05, 0.1) is 6.54 Å². The van der Waals surface area contributed by atoms with Crippen molar-refractivity contribution in [3.05, 3.63) is 17.9 Å². The molecule has 0 aromatic carbocycles. The number of nitrogens with zero attached hydrogens (tertiary/aromatic N) is 1. The van der Waals surface area contributed by atoms with E-state index in [1.807, 2.05) is 0 Å². The van der Waals surface area contributed by atoms with Gasteiger partial charge in [-0.1, -0.05) is 0 Å². The molecule has 1 aliphatic heterocycles. The number of Topliss-reactive ketones (excluding diaryl/α,β-unsaturated/α-hetero) is 1. The van der Waals surface area contributed by atoms with Crippen LogP contribution < -0.4 is 5.66 Å². The summed E-state index contributed by atoms with van der Waals surface area (Å²) in [5.41, 5.74) is -0.213. The summed E-state index contributed by atoms with van der Waals surface area (Å²) in [7, 11) is -0.0536. The zero-order chi connectivity index (χ0) is 14.9. The summed E-state index contributed by atoms with van der Waals surface area (Å²) < 4.78 is 9.51. The fraction of sp³-hybridized carbons (Fsp3) is 0.364. The largest absolute Gasteiger partial charge is 0.600 e. The van der Waals surface area contributed by atoms with E-state index in [0.29, 0.717) is 0 Å². The lowest BCUT2D eigenvalue weighted by Gasteiger charge is -2.10. The number of ketones is 1. The van der Waals surface area contributed by atoms with Gasteiger partial charge in [-0.3, -0.25) is 14.5 Å². The van der Waals surface area contributed by atoms with E-state index in [9.17, 15) is 19.4 Å². The number of likely N-dealkylation sites (N-methyl/N-ethyl adjacent to an activating group) is 1. The summed E-state index contributed by atoms with van der Waals surface area (Å²) in [5, 5.41) is 18.3. The van der Waals surface area contributed by atoms with Gasteiger partial charge in [-0.25, -0.2) is 4.79 Å². The predicted molar refractivity (Wildman–Crippen MR) is 65.4 cm³/mol. The molecule has 0 saturated carbocycles. The van der Waals surface area contributed by atoms with E-state index in [0.717, 1.165) is 6.07 Å². The Labute approximate surface area is 114 Å². The zero-order valence-electron chi connectivity index (χ0n) is 10.6. The van der Waals surface area contributed by atoms with E-state index in [1.165, 1.54) is 6.07 Å². The van der Waals surface area contributed by atoms with Gasteiger partial charge in [0.25, 0.3) is 0 Å². The first-order valence-corrected chi connectivity index (χ1v) is 5.81. The van der Waals surface area contributed by atoms with E-state index >= 15 is 0 Å². The molecule has 1 aromatic rings. The van der Waals surface area contributed by atoms with Gasteiger partial charge in [-0.15, -0.1) is 0 Å². The van der Waals surface area contributed by atoms with Gasteiger partial charge in [-0.2, -0.15) is 0 Å². The van der Waals surface area contributed by atoms with E-state index < -0.39 is 25.0 Å². The minimum absolute atomic E-state index is 0.153. The van der Waals surface area contributed by atoms with Crippen molar-refractivity contribution in [2.75, 3.05) is 20.1 Å². The SMILES string of the molecule is CN1CC(=O)C(C(=O)OB(O)c2ccc(C(=O)O)o2)C1. The van der Waals surface area contributed by atoms with Crippen molar-refractivity contribution in [3.63, 3.8) is 0 Å². The summed E-state index contributed by atoms with van der Waals surface area (Å²) in [6.45, 7) is 0.378. The van der Waals surface area contributed by atoms with Crippen LogP contribution in [-0.2, 0) is 14.2 Å². The molecule has 0 aliphatic carbocycles. The van der Waals surface area contributed by atoms with Gasteiger partial charge in [0.2, 0.25) is 5.76 Å². The van der Waals surface area contributed by atoms with Crippen molar-refractivity contribution in [1.29, 1.82) is 0 Å². The maximum absolute atomic E-state index is 11.7. The zero-order valence-corrected chi connectivity index (χ0v) is 10.6. The monoisotopic (exact) mass is 281 g/mol. The first-order chi connectivity index (χ1) is 9.38. The number of rotatable bonds is 4. The Bertz CT molecular complexity index is 555. The minimum atomic E-state index is -1.74. The number of carbonyl (C=O) groups excluding carboxylic acids is 2. The maximum Gasteiger partial charge on any atom is 0.600 e. The fourth-order valence-corrected chi connectivity index (χ4v) is 1.91. The van der Waals surface area contributed by atoms with E-state index in [2.05, 4.69) is 0 Å². The summed E-state index contributed by atoms with van der Waals surface area (Å²) in [6, 6.07) is 2.31. The summed E-state index contributed by atoms with van der Waals surface area (Å²) >= 11 is 0. The summed E-state index contributed by atoms with van der Waals surface area (Å²) in [4.78, 5) is 35.5. The van der Waals surface area contributed by atoms with Gasteiger partial charge in [0.1, 0.15) is 5.92 Å². The number of furan rings is 1. The maximum atomic E-state index is 11.7. The van der Waals surface area contributed by atoms with Crippen molar-refractivity contribution in [2.24, 2.45) is 5.92 Å². The van der Waals surface area contributed by atoms with Crippen molar-refractivity contribution < 1.29 is 33.6 Å². The fourth-order valence-electron chi connectivity index (χ4n) is 1.91. The molecule has 1 aliphatic rings. The molecule has 8 nitrogen and oxygen atoms in total. The Morgan fingerprint density at radius 2 is 2.20 bits per heavy atom. The van der Waals surface area contributed by atoms with Gasteiger partial charge in [0.15, 0.2) is 11.4 Å². The quantitative estimate of drug-likeness (QED) is 0.497. The summed E-state index contributed by atoms with van der Waals surface area (Å²) in [6.07, 6.45) is 0. The molecule has 1 fully saturated rings. The van der Waals surface area contributed by atoms with E-state index in [4.69, 9.17) is 14.2 Å². The van der Waals surface area contributed by atoms with Crippen LogP contribution in [0.2, 0.25) is 0 Å². The van der Waals surface area contributed by atoms with Crippen LogP contribution in [0.1, 0.15) is 10.6 Å². The highest BCUT2D eigenvalue weighted by molar-refractivity contribution is 6.60. The Hall–Kier alpha value is -2.13. The molecule has 1 unspecified atom stereocenters. The lowest BCUT2D eigenvalue weighted by Crippen LogP contribution is -2.38. The van der Waals surface area contributed by atoms with Gasteiger partial charge in [0, 0.05) is 6.54 Å². The lowest BCUT2D eigenvalue weighted by molar-refractivity contribution is -0.142. The van der Waals surface area contributed by atoms with Crippen molar-refractivity contribution in [1.82, 2.24) is 4.90 Å². The Kier molecular flexibility index (Phi) is 3.91. The Balaban J connectivity index is 2.00. The van der Waals surface area contributed by atoms with Gasteiger partial charge >= 0.3 is 19.1 Å². The number of carbonyl (C=O) groups is 3. The second-order valence-corrected chi connectivity index (χ2v) is 4.51. The van der Waals surface area contributed by atoms with Crippen LogP contribution in [0, 0.1) is 5.92 Å². The lowest BCUT2D eigenvalue weighted by atomic mass is 9.86. The highest BCUT2D eigenvalue weighted by Crippen LogP contribution is 2.13. The van der Waals surface area contributed by atoms with Crippen LogP contribution in [0.15, 0.2) is 16.5 Å². The minimum Gasteiger partial charge on any atom is -0.503 e. The number of likely N-dealkylation sites (tertiary alicyclic amines) is 1. The first-order valence-electron chi connectivity index (χ1n) is 5.81. The molecule has 106 valence electrons. The second kappa shape index (κ2) is 5.47. The number of hydrogen-bond acceptors (Lipinski definition) is 7. The molecule has 2 heterocycles. The molecular formula is C11H12BNO7. The summed E-state index contributed by atoms with van der Waals surface area (Å²) in [5.74, 6) is -3.77. The van der Waals surface area contributed by atoms with E-state index in [1.54, 1.807) is 11.9 Å². The number of hydrogen-bond donors (Lipinski definition) is 2. The molecule has 0 radical (unpaired) electrons. The van der Waals surface area contributed by atoms with Crippen molar-refractivity contribution >= 4 is 30.5 Å². The van der Waals surface area contributed by atoms with Crippen LogP contribution in [-0.4, -0.2) is 60.0 Å². The molecule has 20 heavy (non-hydrogen) atoms. The molecule has 2 N–H and O–H groups in total. The molecule has 1 aromatic heterocycles. The molecule has 1 saturated heterocycles. The highest BCUT2D eigenvalue weighted by Gasteiger charge is 2.38. The number of carboxylic acid groups (broad SMARTS) is 1. The Morgan fingerprint density at radius 3 is 2.70 bits per heavy atom. The third-order valence-corrected chi connectivity index (χ3v) is 2.90. The third kappa shape index (κ3) is 2.89. The third-order valence-electron chi connectivity index (χ3n) is 2.90. The number of carboxylic acids is 1. The average molecular weight is 281 g/mol.